The van der Waals surface area contributed by atoms with Gasteiger partial charge in [-0.3, -0.25) is 14.9 Å². The number of carbonyl (C=O) groups is 1. The molecule has 0 unspecified atom stereocenters. The zero-order chi connectivity index (χ0) is 15.4. The molecule has 1 saturated carbocycles. The lowest BCUT2D eigenvalue weighted by Gasteiger charge is -2.24. The highest BCUT2D eigenvalue weighted by atomic mass is 16.6. The second-order valence-corrected chi connectivity index (χ2v) is 4.88. The smallest absolute Gasteiger partial charge is 0.333 e. The van der Waals surface area contributed by atoms with Crippen molar-refractivity contribution in [1.82, 2.24) is 0 Å². The molecule has 114 valence electrons. The van der Waals surface area contributed by atoms with E-state index in [0.29, 0.717) is 12.3 Å². The molecule has 0 heterocycles. The summed E-state index contributed by atoms with van der Waals surface area (Å²) in [5.74, 6) is -0.690. The fourth-order valence-electron chi connectivity index (χ4n) is 2.30. The molecular formula is C14H18N2O5. The van der Waals surface area contributed by atoms with Crippen LogP contribution >= 0.6 is 0 Å². The van der Waals surface area contributed by atoms with Crippen LogP contribution in [0, 0.1) is 10.1 Å². The monoisotopic (exact) mass is 294 g/mol. The van der Waals surface area contributed by atoms with Crippen molar-refractivity contribution in [2.24, 2.45) is 0 Å². The lowest BCUT2D eigenvalue weighted by atomic mass is 10.2. The summed E-state index contributed by atoms with van der Waals surface area (Å²) in [4.78, 5) is 23.5. The summed E-state index contributed by atoms with van der Waals surface area (Å²) in [6, 6.07) is 5.09. The molecule has 21 heavy (non-hydrogen) atoms. The van der Waals surface area contributed by atoms with Gasteiger partial charge in [0.05, 0.1) is 18.0 Å². The van der Waals surface area contributed by atoms with Crippen LogP contribution in [0.4, 0.5) is 11.4 Å². The van der Waals surface area contributed by atoms with Gasteiger partial charge in [-0.15, -0.1) is 0 Å². The molecule has 2 rings (SSSR count). The largest absolute Gasteiger partial charge is 0.487 e. The van der Waals surface area contributed by atoms with Gasteiger partial charge < -0.3 is 14.7 Å². The predicted molar refractivity (Wildman–Crippen MR) is 76.9 cm³/mol. The zero-order valence-corrected chi connectivity index (χ0v) is 11.8. The molecule has 1 fully saturated rings. The minimum Gasteiger partial charge on any atom is -0.487 e. The third-order valence-corrected chi connectivity index (χ3v) is 3.32. The number of hydrogen-bond donors (Lipinski definition) is 1. The van der Waals surface area contributed by atoms with Gasteiger partial charge in [0, 0.05) is 12.6 Å². The third-order valence-electron chi connectivity index (χ3n) is 3.32. The second-order valence-electron chi connectivity index (χ2n) is 4.88. The summed E-state index contributed by atoms with van der Waals surface area (Å²) in [6.45, 7) is 2.36. The van der Waals surface area contributed by atoms with Gasteiger partial charge in [-0.25, -0.2) is 0 Å². The van der Waals surface area contributed by atoms with E-state index in [0.717, 1.165) is 12.8 Å². The molecule has 0 bridgehead atoms. The van der Waals surface area contributed by atoms with E-state index in [1.54, 1.807) is 25.1 Å². The number of para-hydroxylation sites is 1. The van der Waals surface area contributed by atoms with E-state index < -0.39 is 10.9 Å². The molecule has 1 aromatic rings. The highest BCUT2D eigenvalue weighted by Gasteiger charge is 2.34. The fourth-order valence-corrected chi connectivity index (χ4v) is 2.30. The molecule has 0 saturated heterocycles. The molecule has 7 heteroatoms. The molecule has 0 atom stereocenters. The Morgan fingerprint density at radius 3 is 2.76 bits per heavy atom. The van der Waals surface area contributed by atoms with E-state index in [4.69, 9.17) is 9.84 Å². The standard InChI is InChI=1S/C14H18N2O5/c1-2-21-12-5-3-4-11(14(12)16(19)20)15(10-6-7-10)9-8-13(17)18/h3-5,10H,2,6-9H2,1H3,(H,17,18). The van der Waals surface area contributed by atoms with Crippen LogP contribution < -0.4 is 9.64 Å². The third kappa shape index (κ3) is 3.62. The summed E-state index contributed by atoms with van der Waals surface area (Å²) in [5, 5.41) is 20.2. The lowest BCUT2D eigenvalue weighted by molar-refractivity contribution is -0.385. The van der Waals surface area contributed by atoms with Crippen molar-refractivity contribution in [2.75, 3.05) is 18.1 Å². The number of hydrogen-bond acceptors (Lipinski definition) is 5. The van der Waals surface area contributed by atoms with Crippen molar-refractivity contribution in [1.29, 1.82) is 0 Å². The van der Waals surface area contributed by atoms with E-state index in [2.05, 4.69) is 0 Å². The van der Waals surface area contributed by atoms with Crippen molar-refractivity contribution in [3.8, 4) is 5.75 Å². The second kappa shape index (κ2) is 6.43. The zero-order valence-electron chi connectivity index (χ0n) is 11.8. The topological polar surface area (TPSA) is 92.9 Å². The van der Waals surface area contributed by atoms with Crippen LogP contribution in [0.25, 0.3) is 0 Å². The first-order chi connectivity index (χ1) is 10.0. The van der Waals surface area contributed by atoms with Crippen LogP contribution in [-0.4, -0.2) is 35.2 Å². The van der Waals surface area contributed by atoms with Crippen molar-refractivity contribution in [3.05, 3.63) is 28.3 Å². The van der Waals surface area contributed by atoms with E-state index in [1.165, 1.54) is 0 Å². The molecule has 7 nitrogen and oxygen atoms in total. The van der Waals surface area contributed by atoms with Gasteiger partial charge in [0.25, 0.3) is 0 Å². The van der Waals surface area contributed by atoms with Gasteiger partial charge >= 0.3 is 11.7 Å². The Morgan fingerprint density at radius 1 is 1.52 bits per heavy atom. The molecular weight excluding hydrogens is 276 g/mol. The normalized spacial score (nSPS) is 13.8. The van der Waals surface area contributed by atoms with Gasteiger partial charge in [-0.2, -0.15) is 0 Å². The molecule has 1 aromatic carbocycles. The van der Waals surface area contributed by atoms with Crippen molar-refractivity contribution in [3.63, 3.8) is 0 Å². The van der Waals surface area contributed by atoms with E-state index in [9.17, 15) is 14.9 Å². The number of aliphatic carboxylic acids is 1. The molecule has 0 amide bonds. The van der Waals surface area contributed by atoms with Gasteiger partial charge in [0.2, 0.25) is 0 Å². The van der Waals surface area contributed by atoms with Crippen LogP contribution in [-0.2, 0) is 4.79 Å². The minimum absolute atomic E-state index is 0.0491. The Labute approximate surface area is 122 Å². The lowest BCUT2D eigenvalue weighted by Crippen LogP contribution is -2.29. The number of ether oxygens (including phenoxy) is 1. The number of nitrogens with zero attached hydrogens (tertiary/aromatic N) is 2. The van der Waals surface area contributed by atoms with Gasteiger partial charge in [-0.1, -0.05) is 6.07 Å². The fraction of sp³-hybridized carbons (Fsp3) is 0.500. The maximum atomic E-state index is 11.4. The van der Waals surface area contributed by atoms with Crippen LogP contribution in [0.5, 0.6) is 5.75 Å². The number of nitro benzene ring substituents is 1. The number of rotatable bonds is 8. The van der Waals surface area contributed by atoms with Gasteiger partial charge in [-0.05, 0) is 31.9 Å². The first kappa shape index (κ1) is 15.1. The number of benzene rings is 1. The SMILES string of the molecule is CCOc1cccc(N(CCC(=O)O)C2CC2)c1[N+](=O)[O-]. The average molecular weight is 294 g/mol. The van der Waals surface area contributed by atoms with Crippen molar-refractivity contribution < 1.29 is 19.6 Å². The number of carboxylic acid groups (broad SMARTS) is 1. The van der Waals surface area contributed by atoms with Crippen LogP contribution in [0.2, 0.25) is 0 Å². The maximum Gasteiger partial charge on any atom is 0.333 e. The van der Waals surface area contributed by atoms with Crippen LogP contribution in [0.1, 0.15) is 26.2 Å². The number of nitro groups is 1. The summed E-state index contributed by atoms with van der Waals surface area (Å²) >= 11 is 0. The van der Waals surface area contributed by atoms with Crippen molar-refractivity contribution >= 4 is 17.3 Å². The van der Waals surface area contributed by atoms with E-state index >= 15 is 0 Å². The molecule has 0 aliphatic heterocycles. The molecule has 0 aromatic heterocycles. The highest BCUT2D eigenvalue weighted by molar-refractivity contribution is 5.72. The predicted octanol–water partition coefficient (Wildman–Crippen LogP) is 2.44. The quantitative estimate of drug-likeness (QED) is 0.584. The van der Waals surface area contributed by atoms with Crippen molar-refractivity contribution in [2.45, 2.75) is 32.2 Å². The van der Waals surface area contributed by atoms with Crippen LogP contribution in [0.3, 0.4) is 0 Å². The summed E-state index contributed by atoms with van der Waals surface area (Å²) in [6.07, 6.45) is 1.80. The maximum absolute atomic E-state index is 11.4. The van der Waals surface area contributed by atoms with E-state index in [-0.39, 0.29) is 30.4 Å². The van der Waals surface area contributed by atoms with E-state index in [1.807, 2.05) is 4.90 Å². The molecule has 1 aliphatic rings. The Morgan fingerprint density at radius 2 is 2.24 bits per heavy atom. The molecule has 0 radical (unpaired) electrons. The van der Waals surface area contributed by atoms with Gasteiger partial charge in [0.1, 0.15) is 5.69 Å². The summed E-state index contributed by atoms with van der Waals surface area (Å²) in [7, 11) is 0. The Bertz CT molecular complexity index is 542. The first-order valence-electron chi connectivity index (χ1n) is 6.93. The number of anilines is 1. The summed E-state index contributed by atoms with van der Waals surface area (Å²) in [5.41, 5.74) is 0.353. The highest BCUT2D eigenvalue weighted by Crippen LogP contribution is 2.41. The average Bonchev–Trinajstić information content (AvgIpc) is 3.23. The number of carboxylic acids is 1. The molecule has 1 N–H and O–H groups in total. The Hall–Kier alpha value is -2.31. The Kier molecular flexibility index (Phi) is 4.62. The summed E-state index contributed by atoms with van der Waals surface area (Å²) < 4.78 is 5.33. The van der Waals surface area contributed by atoms with Crippen LogP contribution in [0.15, 0.2) is 18.2 Å². The first-order valence-corrected chi connectivity index (χ1v) is 6.93. The Balaban J connectivity index is 2.36. The molecule has 1 aliphatic carbocycles. The minimum atomic E-state index is -0.913. The molecule has 0 spiro atoms. The van der Waals surface area contributed by atoms with Gasteiger partial charge in [0.15, 0.2) is 5.75 Å².